The van der Waals surface area contributed by atoms with Crippen LogP contribution in [0.25, 0.3) is 0 Å². The molecule has 0 radical (unpaired) electrons. The Morgan fingerprint density at radius 3 is 3.00 bits per heavy atom. The Hall–Kier alpha value is -1.62. The second kappa shape index (κ2) is 7.24. The molecular formula is C15H21FN2O2. The summed E-state index contributed by atoms with van der Waals surface area (Å²) in [6.45, 7) is 1.36. The Morgan fingerprint density at radius 1 is 1.45 bits per heavy atom. The number of carbonyl (C=O) groups is 1. The molecule has 0 aliphatic carbocycles. The van der Waals surface area contributed by atoms with Gasteiger partial charge in [0.2, 0.25) is 0 Å². The van der Waals surface area contributed by atoms with Gasteiger partial charge < -0.3 is 15.4 Å². The highest BCUT2D eigenvalue weighted by Gasteiger charge is 2.16. The minimum absolute atomic E-state index is 0.235. The maximum atomic E-state index is 13.6. The fraction of sp³-hybridized carbons (Fsp3) is 0.533. The molecule has 0 bridgehead atoms. The third-order valence-electron chi connectivity index (χ3n) is 3.53. The lowest BCUT2D eigenvalue weighted by atomic mass is 10.1. The number of ether oxygens (including phenoxy) is 1. The van der Waals surface area contributed by atoms with Gasteiger partial charge in [0, 0.05) is 20.2 Å². The molecule has 1 unspecified atom stereocenters. The SMILES string of the molecule is CNc1c(F)cccc1C(=O)NCCC1CCCCO1. The van der Waals surface area contributed by atoms with Crippen molar-refractivity contribution in [2.45, 2.75) is 31.8 Å². The Kier molecular flexibility index (Phi) is 5.35. The standard InChI is InChI=1S/C15H21FN2O2/c1-17-14-12(6-4-7-13(14)16)15(19)18-9-8-11-5-2-3-10-20-11/h4,6-7,11,17H,2-3,5,8-10H2,1H3,(H,18,19). The van der Waals surface area contributed by atoms with Gasteiger partial charge in [-0.25, -0.2) is 4.39 Å². The van der Waals surface area contributed by atoms with Crippen LogP contribution in [-0.4, -0.2) is 32.2 Å². The Balaban J connectivity index is 1.87. The third kappa shape index (κ3) is 3.70. The van der Waals surface area contributed by atoms with Crippen LogP contribution in [0.4, 0.5) is 10.1 Å². The van der Waals surface area contributed by atoms with Crippen molar-refractivity contribution < 1.29 is 13.9 Å². The number of amides is 1. The number of rotatable bonds is 5. The second-order valence-electron chi connectivity index (χ2n) is 4.95. The number of nitrogens with one attached hydrogen (secondary N) is 2. The number of hydrogen-bond acceptors (Lipinski definition) is 3. The van der Waals surface area contributed by atoms with Gasteiger partial charge in [-0.15, -0.1) is 0 Å². The van der Waals surface area contributed by atoms with E-state index < -0.39 is 5.82 Å². The largest absolute Gasteiger partial charge is 0.385 e. The molecule has 1 aromatic rings. The van der Waals surface area contributed by atoms with E-state index in [1.165, 1.54) is 18.6 Å². The number of carbonyl (C=O) groups excluding carboxylic acids is 1. The normalized spacial score (nSPS) is 18.6. The smallest absolute Gasteiger partial charge is 0.253 e. The van der Waals surface area contributed by atoms with Gasteiger partial charge in [-0.1, -0.05) is 6.07 Å². The first-order valence-corrected chi connectivity index (χ1v) is 7.08. The molecule has 2 rings (SSSR count). The van der Waals surface area contributed by atoms with Gasteiger partial charge >= 0.3 is 0 Å². The highest BCUT2D eigenvalue weighted by molar-refractivity contribution is 5.99. The van der Waals surface area contributed by atoms with Crippen molar-refractivity contribution >= 4 is 11.6 Å². The average Bonchev–Trinajstić information content (AvgIpc) is 2.48. The number of hydrogen-bond donors (Lipinski definition) is 2. The molecule has 1 fully saturated rings. The summed E-state index contributed by atoms with van der Waals surface area (Å²) >= 11 is 0. The van der Waals surface area contributed by atoms with Crippen LogP contribution in [0.2, 0.25) is 0 Å². The second-order valence-corrected chi connectivity index (χ2v) is 4.95. The summed E-state index contributed by atoms with van der Waals surface area (Å²) in [4.78, 5) is 12.1. The predicted octanol–water partition coefficient (Wildman–Crippen LogP) is 2.56. The lowest BCUT2D eigenvalue weighted by molar-refractivity contribution is 0.0117. The Morgan fingerprint density at radius 2 is 2.30 bits per heavy atom. The van der Waals surface area contributed by atoms with Crippen molar-refractivity contribution in [2.75, 3.05) is 25.5 Å². The quantitative estimate of drug-likeness (QED) is 0.871. The van der Waals surface area contributed by atoms with E-state index in [9.17, 15) is 9.18 Å². The lowest BCUT2D eigenvalue weighted by Crippen LogP contribution is -2.30. The molecule has 1 amide bonds. The van der Waals surface area contributed by atoms with Crippen molar-refractivity contribution in [3.8, 4) is 0 Å². The maximum absolute atomic E-state index is 13.6. The Bertz CT molecular complexity index is 459. The molecule has 1 aliphatic heterocycles. The molecule has 1 aromatic carbocycles. The van der Waals surface area contributed by atoms with Crippen LogP contribution in [-0.2, 0) is 4.74 Å². The molecule has 110 valence electrons. The van der Waals surface area contributed by atoms with Crippen molar-refractivity contribution in [1.29, 1.82) is 0 Å². The van der Waals surface area contributed by atoms with Crippen LogP contribution in [0, 0.1) is 5.82 Å². The molecule has 1 aliphatic rings. The minimum Gasteiger partial charge on any atom is -0.385 e. The first-order valence-electron chi connectivity index (χ1n) is 7.08. The number of para-hydroxylation sites is 1. The molecular weight excluding hydrogens is 259 g/mol. The summed E-state index contributed by atoms with van der Waals surface area (Å²) < 4.78 is 19.2. The van der Waals surface area contributed by atoms with Gasteiger partial charge in [0.25, 0.3) is 5.91 Å². The summed E-state index contributed by atoms with van der Waals surface area (Å²) in [5.74, 6) is -0.680. The number of benzene rings is 1. The van der Waals surface area contributed by atoms with Gasteiger partial charge in [0.05, 0.1) is 17.4 Å². The fourth-order valence-electron chi connectivity index (χ4n) is 2.44. The minimum atomic E-state index is -0.421. The highest BCUT2D eigenvalue weighted by atomic mass is 19.1. The van der Waals surface area contributed by atoms with Crippen LogP contribution in [0.5, 0.6) is 0 Å². The highest BCUT2D eigenvalue weighted by Crippen LogP contribution is 2.19. The summed E-state index contributed by atoms with van der Waals surface area (Å²) in [7, 11) is 1.60. The van der Waals surface area contributed by atoms with E-state index in [-0.39, 0.29) is 17.7 Å². The third-order valence-corrected chi connectivity index (χ3v) is 3.53. The van der Waals surface area contributed by atoms with Crippen molar-refractivity contribution in [3.63, 3.8) is 0 Å². The van der Waals surface area contributed by atoms with Crippen LogP contribution in [0.3, 0.4) is 0 Å². The van der Waals surface area contributed by atoms with Crippen LogP contribution in [0.15, 0.2) is 18.2 Å². The molecule has 1 saturated heterocycles. The fourth-order valence-corrected chi connectivity index (χ4v) is 2.44. The maximum Gasteiger partial charge on any atom is 0.253 e. The van der Waals surface area contributed by atoms with E-state index in [1.54, 1.807) is 13.1 Å². The van der Waals surface area contributed by atoms with E-state index >= 15 is 0 Å². The van der Waals surface area contributed by atoms with Gasteiger partial charge in [0.1, 0.15) is 5.82 Å². The molecule has 0 saturated carbocycles. The van der Waals surface area contributed by atoms with Crippen molar-refractivity contribution in [1.82, 2.24) is 5.32 Å². The number of anilines is 1. The van der Waals surface area contributed by atoms with Gasteiger partial charge in [0.15, 0.2) is 0 Å². The molecule has 5 heteroatoms. The summed E-state index contributed by atoms with van der Waals surface area (Å²) in [5, 5.41) is 5.55. The van der Waals surface area contributed by atoms with E-state index in [4.69, 9.17) is 4.74 Å². The topological polar surface area (TPSA) is 50.4 Å². The van der Waals surface area contributed by atoms with Crippen molar-refractivity contribution in [3.05, 3.63) is 29.6 Å². The molecule has 20 heavy (non-hydrogen) atoms. The summed E-state index contributed by atoms with van der Waals surface area (Å²) in [6.07, 6.45) is 4.40. The molecule has 1 heterocycles. The van der Waals surface area contributed by atoms with Crippen LogP contribution in [0.1, 0.15) is 36.0 Å². The molecule has 4 nitrogen and oxygen atoms in total. The van der Waals surface area contributed by atoms with Gasteiger partial charge in [-0.05, 0) is 37.8 Å². The Labute approximate surface area is 118 Å². The van der Waals surface area contributed by atoms with Gasteiger partial charge in [-0.2, -0.15) is 0 Å². The lowest BCUT2D eigenvalue weighted by Gasteiger charge is -2.22. The first-order chi connectivity index (χ1) is 9.72. The van der Waals surface area contributed by atoms with Gasteiger partial charge in [-0.3, -0.25) is 4.79 Å². The number of halogens is 1. The van der Waals surface area contributed by atoms with E-state index in [0.717, 1.165) is 25.9 Å². The first kappa shape index (κ1) is 14.8. The monoisotopic (exact) mass is 280 g/mol. The zero-order valence-electron chi connectivity index (χ0n) is 11.7. The summed E-state index contributed by atoms with van der Waals surface area (Å²) in [5.41, 5.74) is 0.566. The molecule has 0 aromatic heterocycles. The van der Waals surface area contributed by atoms with Crippen molar-refractivity contribution in [2.24, 2.45) is 0 Å². The van der Waals surface area contributed by atoms with E-state index in [1.807, 2.05) is 0 Å². The zero-order chi connectivity index (χ0) is 14.4. The van der Waals surface area contributed by atoms with E-state index in [0.29, 0.717) is 12.1 Å². The van der Waals surface area contributed by atoms with Crippen LogP contribution >= 0.6 is 0 Å². The molecule has 0 spiro atoms. The summed E-state index contributed by atoms with van der Waals surface area (Å²) in [6, 6.07) is 4.48. The zero-order valence-corrected chi connectivity index (χ0v) is 11.7. The van der Waals surface area contributed by atoms with E-state index in [2.05, 4.69) is 10.6 Å². The average molecular weight is 280 g/mol. The molecule has 2 N–H and O–H groups in total. The molecule has 1 atom stereocenters. The predicted molar refractivity (Wildman–Crippen MR) is 76.5 cm³/mol. The van der Waals surface area contributed by atoms with Crippen LogP contribution < -0.4 is 10.6 Å².